The summed E-state index contributed by atoms with van der Waals surface area (Å²) in [5.74, 6) is -1.87. The molecule has 2 aromatic carbocycles. The van der Waals surface area contributed by atoms with Gasteiger partial charge in [0.15, 0.2) is 0 Å². The smallest absolute Gasteiger partial charge is 0.339 e. The Balaban J connectivity index is 2.19. The van der Waals surface area contributed by atoms with Gasteiger partial charge in [-0.3, -0.25) is 0 Å². The third-order valence-electron chi connectivity index (χ3n) is 7.09. The molecule has 0 heterocycles. The van der Waals surface area contributed by atoms with E-state index in [1.54, 1.807) is 0 Å². The molecule has 4 aliphatic rings. The predicted octanol–water partition coefficient (Wildman–Crippen LogP) is 6.82. The van der Waals surface area contributed by atoms with Crippen molar-refractivity contribution in [3.05, 3.63) is 68.8 Å². The van der Waals surface area contributed by atoms with Crippen LogP contribution in [0.5, 0.6) is 0 Å². The molecule has 0 amide bonds. The highest BCUT2D eigenvalue weighted by Gasteiger charge is 2.31. The van der Waals surface area contributed by atoms with Crippen molar-refractivity contribution in [2.45, 2.75) is 81.1 Å². The third kappa shape index (κ3) is 9.16. The van der Waals surface area contributed by atoms with E-state index in [1.807, 2.05) is 79.7 Å². The Labute approximate surface area is 261 Å². The molecule has 0 spiro atoms. The molecule has 2 aromatic rings. The molecular formula is C36H48O8. The lowest BCUT2D eigenvalue weighted by Gasteiger charge is -2.22. The molecule has 0 saturated carbocycles. The van der Waals surface area contributed by atoms with Crippen molar-refractivity contribution in [1.29, 1.82) is 0 Å². The number of rotatable bonds is 12. The first-order chi connectivity index (χ1) is 20.8. The summed E-state index contributed by atoms with van der Waals surface area (Å²) in [6.45, 7) is 16.4. The van der Waals surface area contributed by atoms with Gasteiger partial charge in [0, 0.05) is 0 Å². The van der Waals surface area contributed by atoms with Gasteiger partial charge in [-0.25, -0.2) is 19.2 Å². The van der Waals surface area contributed by atoms with Gasteiger partial charge in [0.05, 0.1) is 48.7 Å². The van der Waals surface area contributed by atoms with Crippen molar-refractivity contribution >= 4 is 23.9 Å². The summed E-state index contributed by atoms with van der Waals surface area (Å²) in [5.41, 5.74) is 3.23. The van der Waals surface area contributed by atoms with Crippen LogP contribution in [0.3, 0.4) is 0 Å². The maximum atomic E-state index is 13.6. The maximum absolute atomic E-state index is 13.6. The van der Waals surface area contributed by atoms with Gasteiger partial charge in [-0.15, -0.1) is 0 Å². The molecule has 6 rings (SSSR count). The van der Waals surface area contributed by atoms with E-state index in [0.717, 1.165) is 0 Å². The average molecular weight is 609 g/mol. The lowest BCUT2D eigenvalue weighted by molar-refractivity contribution is 0.0408. The number of ether oxygens (including phenoxy) is 4. The monoisotopic (exact) mass is 608 g/mol. The molecule has 0 atom stereocenters. The number of hydrogen-bond donors (Lipinski definition) is 0. The highest BCUT2D eigenvalue weighted by molar-refractivity contribution is 6.06. The molecule has 0 aromatic heterocycles. The molecule has 0 unspecified atom stereocenters. The Bertz CT molecular complexity index is 1150. The lowest BCUT2D eigenvalue weighted by atomic mass is 9.85. The second-order valence-electron chi connectivity index (χ2n) is 13.2. The van der Waals surface area contributed by atoms with E-state index in [2.05, 4.69) is 0 Å². The quantitative estimate of drug-likeness (QED) is 0.191. The van der Waals surface area contributed by atoms with Crippen molar-refractivity contribution in [3.63, 3.8) is 0 Å². The Kier molecular flexibility index (Phi) is 12.6. The van der Waals surface area contributed by atoms with E-state index >= 15 is 0 Å². The van der Waals surface area contributed by atoms with Crippen LogP contribution in [0, 0.1) is 23.7 Å². The van der Waals surface area contributed by atoms with Crippen molar-refractivity contribution in [3.8, 4) is 0 Å². The second kappa shape index (κ2) is 15.9. The summed E-state index contributed by atoms with van der Waals surface area (Å²) < 4.78 is 22.6. The van der Waals surface area contributed by atoms with Gasteiger partial charge < -0.3 is 18.9 Å². The standard InChI is InChI=1S/C36H48O8/c1-21(2)17-41-33(37)29-25-9-10-26(30(29)34(38)42-18-22(3)4)15-16-28-12-11-27(14-13-25)31(35(39)43-19-23(5)6)32(28)36(40)44-20-24(7)8/h9-12,21-24H,13-20H2,1-8H3. The first kappa shape index (κ1) is 34.8. The van der Waals surface area contributed by atoms with Crippen LogP contribution in [-0.2, 0) is 44.6 Å². The van der Waals surface area contributed by atoms with Crippen LogP contribution in [0.2, 0.25) is 0 Å². The van der Waals surface area contributed by atoms with E-state index in [0.29, 0.717) is 47.9 Å². The Morgan fingerprint density at radius 3 is 0.773 bits per heavy atom. The molecule has 0 saturated heterocycles. The maximum Gasteiger partial charge on any atom is 0.339 e. The zero-order valence-corrected chi connectivity index (χ0v) is 27.5. The molecule has 0 fully saturated rings. The molecule has 240 valence electrons. The van der Waals surface area contributed by atoms with Gasteiger partial charge in [-0.2, -0.15) is 0 Å². The number of benzene rings is 2. The number of carbonyl (C=O) groups is 4. The molecule has 0 aliphatic heterocycles. The van der Waals surface area contributed by atoms with Crippen LogP contribution in [0.1, 0.15) is 119 Å². The van der Waals surface area contributed by atoms with Gasteiger partial charge in [0.2, 0.25) is 0 Å². The van der Waals surface area contributed by atoms with E-state index in [9.17, 15) is 19.2 Å². The largest absolute Gasteiger partial charge is 0.462 e. The molecule has 0 radical (unpaired) electrons. The van der Waals surface area contributed by atoms with E-state index in [4.69, 9.17) is 18.9 Å². The van der Waals surface area contributed by atoms with Crippen LogP contribution in [0.15, 0.2) is 24.3 Å². The zero-order valence-electron chi connectivity index (χ0n) is 27.5. The minimum atomic E-state index is -0.576. The van der Waals surface area contributed by atoms with E-state index < -0.39 is 23.9 Å². The summed E-state index contributed by atoms with van der Waals surface area (Å²) in [4.78, 5) is 54.3. The predicted molar refractivity (Wildman–Crippen MR) is 168 cm³/mol. The van der Waals surface area contributed by atoms with Crippen molar-refractivity contribution < 1.29 is 38.1 Å². The molecule has 4 aliphatic carbocycles. The second-order valence-corrected chi connectivity index (χ2v) is 13.2. The molecule has 8 nitrogen and oxygen atoms in total. The van der Waals surface area contributed by atoms with Crippen LogP contribution in [0.25, 0.3) is 0 Å². The Morgan fingerprint density at radius 2 is 0.614 bits per heavy atom. The summed E-state index contributed by atoms with van der Waals surface area (Å²) in [6.07, 6.45) is 1.23. The van der Waals surface area contributed by atoms with Crippen molar-refractivity contribution in [2.75, 3.05) is 26.4 Å². The zero-order chi connectivity index (χ0) is 32.6. The van der Waals surface area contributed by atoms with Gasteiger partial charge in [-0.1, -0.05) is 79.7 Å². The Hall–Kier alpha value is -3.68. The summed E-state index contributed by atoms with van der Waals surface area (Å²) in [6, 6.07) is 7.40. The van der Waals surface area contributed by atoms with Crippen LogP contribution < -0.4 is 0 Å². The highest BCUT2D eigenvalue weighted by atomic mass is 16.5. The first-order valence-corrected chi connectivity index (χ1v) is 15.8. The van der Waals surface area contributed by atoms with Crippen LogP contribution in [0.4, 0.5) is 0 Å². The summed E-state index contributed by atoms with van der Waals surface area (Å²) in [7, 11) is 0. The van der Waals surface area contributed by atoms with Crippen LogP contribution in [-0.4, -0.2) is 50.3 Å². The average Bonchev–Trinajstić information content (AvgIpc) is 2.96. The SMILES string of the molecule is CC(C)COC(=O)c1c2ccc(c1C(=O)OCC(C)C)CCc1ccc(c(C(=O)OCC(C)C)c1C(=O)OCC(C)C)CC2. The number of aryl methyl sites for hydroxylation is 4. The van der Waals surface area contributed by atoms with Crippen molar-refractivity contribution in [1.82, 2.24) is 0 Å². The molecular weight excluding hydrogens is 560 g/mol. The van der Waals surface area contributed by atoms with E-state index in [-0.39, 0.29) is 72.4 Å². The highest BCUT2D eigenvalue weighted by Crippen LogP contribution is 2.30. The van der Waals surface area contributed by atoms with Gasteiger partial charge in [0.1, 0.15) is 0 Å². The number of esters is 4. The minimum absolute atomic E-state index is 0.110. The molecule has 44 heavy (non-hydrogen) atoms. The first-order valence-electron chi connectivity index (χ1n) is 15.8. The van der Waals surface area contributed by atoms with Crippen LogP contribution >= 0.6 is 0 Å². The lowest BCUT2D eigenvalue weighted by Crippen LogP contribution is -2.24. The number of carbonyl (C=O) groups excluding carboxylic acids is 4. The fourth-order valence-corrected chi connectivity index (χ4v) is 4.94. The minimum Gasteiger partial charge on any atom is -0.462 e. The third-order valence-corrected chi connectivity index (χ3v) is 7.09. The van der Waals surface area contributed by atoms with E-state index in [1.165, 1.54) is 0 Å². The number of hydrogen-bond acceptors (Lipinski definition) is 8. The molecule has 8 heteroatoms. The molecule has 0 N–H and O–H groups in total. The fraction of sp³-hybridized carbons (Fsp3) is 0.556. The normalized spacial score (nSPS) is 12.8. The van der Waals surface area contributed by atoms with Gasteiger partial charge >= 0.3 is 23.9 Å². The fourth-order valence-electron chi connectivity index (χ4n) is 4.94. The molecule has 4 bridgehead atoms. The topological polar surface area (TPSA) is 105 Å². The van der Waals surface area contributed by atoms with Gasteiger partial charge in [-0.05, 0) is 71.6 Å². The Morgan fingerprint density at radius 1 is 0.432 bits per heavy atom. The summed E-state index contributed by atoms with van der Waals surface area (Å²) >= 11 is 0. The van der Waals surface area contributed by atoms with Gasteiger partial charge in [0.25, 0.3) is 0 Å². The summed E-state index contributed by atoms with van der Waals surface area (Å²) in [5, 5.41) is 0. The van der Waals surface area contributed by atoms with Crippen molar-refractivity contribution in [2.24, 2.45) is 23.7 Å².